The fraction of sp³-hybridized carbons (Fsp3) is 0.545. The number of carbonyl (C=O) groups excluding carboxylic acids is 2. The molecule has 0 radical (unpaired) electrons. The van der Waals surface area contributed by atoms with Crippen molar-refractivity contribution in [2.45, 2.75) is 18.3 Å². The van der Waals surface area contributed by atoms with Crippen LogP contribution in [0.5, 0.6) is 0 Å². The molecule has 2 amide bonds. The Kier molecular flexibility index (Phi) is 6.86. The number of piperidine rings is 1. The normalized spacial score (nSPS) is 20.5. The van der Waals surface area contributed by atoms with E-state index in [1.807, 2.05) is 30.3 Å². The van der Waals surface area contributed by atoms with Gasteiger partial charge in [0, 0.05) is 52.4 Å². The van der Waals surface area contributed by atoms with Crippen LogP contribution in [0, 0.1) is 0 Å². The summed E-state index contributed by atoms with van der Waals surface area (Å²) in [6.07, 6.45) is 2.62. The Balaban J connectivity index is 1.63. The number of hydrogen-bond acceptors (Lipinski definition) is 4. The van der Waals surface area contributed by atoms with Crippen LogP contribution < -0.4 is 5.32 Å². The highest BCUT2D eigenvalue weighted by Crippen LogP contribution is 2.36. The summed E-state index contributed by atoms with van der Waals surface area (Å²) in [5.74, 6) is 0.0238. The Morgan fingerprint density at radius 2 is 1.71 bits per heavy atom. The average molecular weight is 385 g/mol. The largest absolute Gasteiger partial charge is 0.354 e. The number of likely N-dealkylation sites (N-methyl/N-ethyl adjacent to an activating group) is 1. The second kappa shape index (κ2) is 9.34. The zero-order valence-electron chi connectivity index (χ0n) is 16.9. The Labute approximate surface area is 168 Å². The van der Waals surface area contributed by atoms with Crippen LogP contribution >= 0.6 is 0 Å². The monoisotopic (exact) mass is 384 g/mol. The van der Waals surface area contributed by atoms with E-state index in [9.17, 15) is 9.59 Å². The van der Waals surface area contributed by atoms with Gasteiger partial charge in [0.1, 0.15) is 0 Å². The van der Waals surface area contributed by atoms with Gasteiger partial charge in [-0.25, -0.2) is 0 Å². The fourth-order valence-electron chi connectivity index (χ4n) is 4.21. The Morgan fingerprint density at radius 1 is 1.07 bits per heavy atom. The van der Waals surface area contributed by atoms with Gasteiger partial charge in [-0.15, -0.1) is 0 Å². The zero-order valence-corrected chi connectivity index (χ0v) is 16.9. The van der Waals surface area contributed by atoms with E-state index in [4.69, 9.17) is 0 Å². The van der Waals surface area contributed by atoms with E-state index in [0.29, 0.717) is 32.5 Å². The van der Waals surface area contributed by atoms with E-state index in [2.05, 4.69) is 28.7 Å². The molecule has 2 aliphatic heterocycles. The van der Waals surface area contributed by atoms with Crippen molar-refractivity contribution >= 4 is 11.8 Å². The molecule has 2 heterocycles. The van der Waals surface area contributed by atoms with Crippen LogP contribution in [-0.4, -0.2) is 85.9 Å². The molecule has 152 valence electrons. The van der Waals surface area contributed by atoms with Gasteiger partial charge >= 0.3 is 0 Å². The van der Waals surface area contributed by atoms with Gasteiger partial charge < -0.3 is 15.1 Å². The van der Waals surface area contributed by atoms with Crippen LogP contribution in [0.1, 0.15) is 18.4 Å². The Morgan fingerprint density at radius 3 is 2.32 bits per heavy atom. The number of benzene rings is 1. The molecule has 3 rings (SSSR count). The molecule has 6 nitrogen and oxygen atoms in total. The lowest BCUT2D eigenvalue weighted by Gasteiger charge is -2.41. The molecule has 2 fully saturated rings. The molecule has 0 aliphatic carbocycles. The van der Waals surface area contributed by atoms with E-state index < -0.39 is 5.41 Å². The molecule has 6 heteroatoms. The van der Waals surface area contributed by atoms with Gasteiger partial charge in [0.15, 0.2) is 0 Å². The number of likely N-dealkylation sites (tertiary alicyclic amines) is 1. The first-order chi connectivity index (χ1) is 13.5. The van der Waals surface area contributed by atoms with E-state index in [1.54, 1.807) is 4.90 Å². The van der Waals surface area contributed by atoms with Gasteiger partial charge in [0.25, 0.3) is 0 Å². The van der Waals surface area contributed by atoms with Gasteiger partial charge in [-0.3, -0.25) is 14.5 Å². The highest BCUT2D eigenvalue weighted by atomic mass is 16.2. The van der Waals surface area contributed by atoms with Crippen LogP contribution in [0.15, 0.2) is 43.0 Å². The van der Waals surface area contributed by atoms with Gasteiger partial charge in [-0.2, -0.15) is 0 Å². The second-order valence-corrected chi connectivity index (χ2v) is 7.88. The number of amides is 2. The first kappa shape index (κ1) is 20.6. The summed E-state index contributed by atoms with van der Waals surface area (Å²) < 4.78 is 0. The minimum absolute atomic E-state index is 0.0582. The second-order valence-electron chi connectivity index (χ2n) is 7.88. The predicted molar refractivity (Wildman–Crippen MR) is 111 cm³/mol. The number of hydrogen-bond donors (Lipinski definition) is 1. The molecule has 0 saturated carbocycles. The number of piperazine rings is 1. The van der Waals surface area contributed by atoms with Crippen molar-refractivity contribution in [3.8, 4) is 0 Å². The maximum absolute atomic E-state index is 13.3. The molecular formula is C22H32N4O2. The molecule has 0 bridgehead atoms. The molecule has 1 aromatic rings. The van der Waals surface area contributed by atoms with Crippen molar-refractivity contribution in [2.24, 2.45) is 0 Å². The molecule has 2 aliphatic rings. The molecule has 0 spiro atoms. The lowest BCUT2D eigenvalue weighted by atomic mass is 9.72. The summed E-state index contributed by atoms with van der Waals surface area (Å²) >= 11 is 0. The summed E-state index contributed by atoms with van der Waals surface area (Å²) in [5, 5.41) is 3.19. The first-order valence-corrected chi connectivity index (χ1v) is 10.2. The number of rotatable bonds is 6. The van der Waals surface area contributed by atoms with E-state index in [0.717, 1.165) is 38.3 Å². The summed E-state index contributed by atoms with van der Waals surface area (Å²) in [6, 6.07) is 10.0. The number of nitrogens with zero attached hydrogens (tertiary/aromatic N) is 3. The van der Waals surface area contributed by atoms with Crippen LogP contribution in [0.2, 0.25) is 0 Å². The van der Waals surface area contributed by atoms with Crippen LogP contribution in [0.25, 0.3) is 0 Å². The van der Waals surface area contributed by atoms with Crippen LogP contribution in [-0.2, 0) is 15.0 Å². The maximum atomic E-state index is 13.3. The smallest absolute Gasteiger partial charge is 0.245 e. The summed E-state index contributed by atoms with van der Waals surface area (Å²) in [6.45, 7) is 10.5. The predicted octanol–water partition coefficient (Wildman–Crippen LogP) is 1.10. The van der Waals surface area contributed by atoms with Crippen molar-refractivity contribution in [3.63, 3.8) is 0 Å². The molecule has 1 N–H and O–H groups in total. The molecule has 0 aromatic heterocycles. The fourth-order valence-corrected chi connectivity index (χ4v) is 4.21. The summed E-state index contributed by atoms with van der Waals surface area (Å²) in [4.78, 5) is 31.8. The van der Waals surface area contributed by atoms with Gasteiger partial charge in [0.2, 0.25) is 11.8 Å². The molecule has 28 heavy (non-hydrogen) atoms. The minimum Gasteiger partial charge on any atom is -0.354 e. The van der Waals surface area contributed by atoms with Crippen LogP contribution in [0.3, 0.4) is 0 Å². The van der Waals surface area contributed by atoms with Crippen molar-refractivity contribution in [1.82, 2.24) is 20.0 Å². The van der Waals surface area contributed by atoms with E-state index in [1.165, 1.54) is 6.08 Å². The Bertz CT molecular complexity index is 675. The van der Waals surface area contributed by atoms with Gasteiger partial charge in [0.05, 0.1) is 5.41 Å². The first-order valence-electron chi connectivity index (χ1n) is 10.2. The summed E-state index contributed by atoms with van der Waals surface area (Å²) in [7, 11) is 2.15. The van der Waals surface area contributed by atoms with Crippen molar-refractivity contribution < 1.29 is 9.59 Å². The van der Waals surface area contributed by atoms with E-state index >= 15 is 0 Å². The SMILES string of the molecule is C=CC(=O)N1CCC(C(=O)NCCN2CCN(C)CC2)(c2ccccc2)CC1. The van der Waals surface area contributed by atoms with Gasteiger partial charge in [-0.1, -0.05) is 36.9 Å². The highest BCUT2D eigenvalue weighted by molar-refractivity contribution is 5.90. The average Bonchev–Trinajstić information content (AvgIpc) is 2.75. The molecular weight excluding hydrogens is 352 g/mol. The third kappa shape index (κ3) is 4.62. The molecule has 0 unspecified atom stereocenters. The zero-order chi connectivity index (χ0) is 20.0. The molecule has 1 aromatic carbocycles. The van der Waals surface area contributed by atoms with Crippen molar-refractivity contribution in [1.29, 1.82) is 0 Å². The van der Waals surface area contributed by atoms with E-state index in [-0.39, 0.29) is 11.8 Å². The lowest BCUT2D eigenvalue weighted by Crippen LogP contribution is -2.54. The van der Waals surface area contributed by atoms with Crippen LogP contribution in [0.4, 0.5) is 0 Å². The number of carbonyl (C=O) groups is 2. The molecule has 0 atom stereocenters. The molecule has 2 saturated heterocycles. The minimum atomic E-state index is -0.568. The van der Waals surface area contributed by atoms with Crippen molar-refractivity contribution in [3.05, 3.63) is 48.6 Å². The summed E-state index contributed by atoms with van der Waals surface area (Å²) in [5.41, 5.74) is 0.472. The Hall–Kier alpha value is -2.18. The van der Waals surface area contributed by atoms with Crippen molar-refractivity contribution in [2.75, 3.05) is 59.4 Å². The third-order valence-electron chi connectivity index (χ3n) is 6.17. The quantitative estimate of drug-likeness (QED) is 0.747. The highest BCUT2D eigenvalue weighted by Gasteiger charge is 2.43. The third-order valence-corrected chi connectivity index (χ3v) is 6.17. The maximum Gasteiger partial charge on any atom is 0.245 e. The standard InChI is InChI=1S/C22H32N4O2/c1-3-20(27)26-12-9-22(10-13-26,19-7-5-4-6-8-19)21(28)23-11-14-25-17-15-24(2)16-18-25/h3-8H,1,9-18H2,2H3,(H,23,28). The topological polar surface area (TPSA) is 55.9 Å². The lowest BCUT2D eigenvalue weighted by molar-refractivity contribution is -0.133. The number of nitrogens with one attached hydrogen (secondary N) is 1. The van der Waals surface area contributed by atoms with Gasteiger partial charge in [-0.05, 0) is 31.5 Å².